The topological polar surface area (TPSA) is 176 Å². The summed E-state index contributed by atoms with van der Waals surface area (Å²) in [5, 5.41) is 18.5. The van der Waals surface area contributed by atoms with Crippen LogP contribution in [0.4, 0.5) is 0 Å². The van der Waals surface area contributed by atoms with E-state index in [4.69, 9.17) is 14.2 Å². The number of aliphatic carboxylic acids is 1. The predicted molar refractivity (Wildman–Crippen MR) is 205 cm³/mol. The van der Waals surface area contributed by atoms with Crippen molar-refractivity contribution in [2.45, 2.75) is 149 Å². The van der Waals surface area contributed by atoms with Crippen LogP contribution in [0.2, 0.25) is 0 Å². The van der Waals surface area contributed by atoms with Crippen molar-refractivity contribution in [3.8, 4) is 0 Å². The Labute approximate surface area is 319 Å². The lowest BCUT2D eigenvalue weighted by Gasteiger charge is -2.41. The Hall–Kier alpha value is -2.81. The zero-order valence-corrected chi connectivity index (χ0v) is 35.1. The summed E-state index contributed by atoms with van der Waals surface area (Å²) < 4.78 is 17.5. The number of rotatable bonds is 24. The molecule has 308 valence electrons. The molecule has 0 aromatic rings. The van der Waals surface area contributed by atoms with E-state index in [1.165, 1.54) is 14.2 Å². The van der Waals surface area contributed by atoms with E-state index < -0.39 is 54.4 Å². The van der Waals surface area contributed by atoms with Crippen molar-refractivity contribution in [1.29, 1.82) is 0 Å². The van der Waals surface area contributed by atoms with Gasteiger partial charge in [-0.05, 0) is 43.6 Å². The van der Waals surface area contributed by atoms with Crippen LogP contribution in [0.3, 0.4) is 0 Å². The molecule has 53 heavy (non-hydrogen) atoms. The third-order valence-corrected chi connectivity index (χ3v) is 11.4. The fourth-order valence-electron chi connectivity index (χ4n) is 7.73. The molecule has 0 bridgehead atoms. The number of ether oxygens (including phenoxy) is 3. The Morgan fingerprint density at radius 2 is 1.36 bits per heavy atom. The molecule has 1 saturated heterocycles. The first kappa shape index (κ1) is 48.2. The largest absolute Gasteiger partial charge is 0.481 e. The molecule has 11 atom stereocenters. The molecular formula is C39H73N5O9. The molecule has 11 unspecified atom stereocenters. The van der Waals surface area contributed by atoms with Gasteiger partial charge in [-0.15, -0.1) is 0 Å². The van der Waals surface area contributed by atoms with Crippen molar-refractivity contribution in [1.82, 2.24) is 25.8 Å². The van der Waals surface area contributed by atoms with Gasteiger partial charge in [0.15, 0.2) is 0 Å². The molecule has 14 nitrogen and oxygen atoms in total. The number of amides is 4. The standard InChI is InChI=1S/C39H73N5O9/c1-15-24(7)34(28(51-12)21-31(46)47)42-37(48)26(9)36(53-14)27-18-17-19-44(27)30(45)20-29(52-13)35(25(8)16-2)43(11)39(50)33(23(5)6)41-38(49)32(40-10)22(3)4/h22-29,32-36,40H,15-21H2,1-14H3,(H,41,49)(H,42,48)(H,46,47). The molecular weight excluding hydrogens is 682 g/mol. The third kappa shape index (κ3) is 13.2. The van der Waals surface area contributed by atoms with Gasteiger partial charge in [-0.3, -0.25) is 24.0 Å². The van der Waals surface area contributed by atoms with Crippen LogP contribution in [0.15, 0.2) is 0 Å². The summed E-state index contributed by atoms with van der Waals surface area (Å²) in [6.07, 6.45) is 0.575. The predicted octanol–water partition coefficient (Wildman–Crippen LogP) is 3.31. The van der Waals surface area contributed by atoms with E-state index in [0.29, 0.717) is 19.4 Å². The molecule has 0 radical (unpaired) electrons. The van der Waals surface area contributed by atoms with E-state index in [0.717, 1.165) is 12.8 Å². The monoisotopic (exact) mass is 756 g/mol. The van der Waals surface area contributed by atoms with Gasteiger partial charge in [0.05, 0.1) is 61.2 Å². The van der Waals surface area contributed by atoms with Crippen LogP contribution in [0, 0.1) is 29.6 Å². The number of nitrogens with one attached hydrogen (secondary N) is 3. The van der Waals surface area contributed by atoms with Gasteiger partial charge in [0, 0.05) is 34.9 Å². The van der Waals surface area contributed by atoms with Crippen molar-refractivity contribution in [3.63, 3.8) is 0 Å². The normalized spacial score (nSPS) is 20.5. The van der Waals surface area contributed by atoms with Crippen molar-refractivity contribution in [3.05, 3.63) is 0 Å². The number of carbonyl (C=O) groups excluding carboxylic acids is 4. The van der Waals surface area contributed by atoms with Crippen LogP contribution in [-0.4, -0.2) is 135 Å². The summed E-state index contributed by atoms with van der Waals surface area (Å²) >= 11 is 0. The van der Waals surface area contributed by atoms with E-state index in [-0.39, 0.29) is 66.2 Å². The highest BCUT2D eigenvalue weighted by Crippen LogP contribution is 2.30. The maximum absolute atomic E-state index is 14.2. The average Bonchev–Trinajstić information content (AvgIpc) is 3.60. The van der Waals surface area contributed by atoms with E-state index >= 15 is 0 Å². The lowest BCUT2D eigenvalue weighted by Crippen LogP contribution is -2.59. The molecule has 0 aliphatic carbocycles. The van der Waals surface area contributed by atoms with Crippen LogP contribution in [0.1, 0.15) is 101 Å². The highest BCUT2D eigenvalue weighted by Gasteiger charge is 2.43. The Balaban J connectivity index is 3.31. The summed E-state index contributed by atoms with van der Waals surface area (Å²) in [6.45, 7) is 17.9. The van der Waals surface area contributed by atoms with Gasteiger partial charge < -0.3 is 45.1 Å². The number of nitrogens with zero attached hydrogens (tertiary/aromatic N) is 2. The molecule has 4 amide bonds. The number of hydrogen-bond acceptors (Lipinski definition) is 9. The van der Waals surface area contributed by atoms with Gasteiger partial charge in [-0.2, -0.15) is 0 Å². The number of carboxylic acid groups (broad SMARTS) is 1. The molecule has 4 N–H and O–H groups in total. The summed E-state index contributed by atoms with van der Waals surface area (Å²) in [5.74, 6) is -2.89. The first-order chi connectivity index (χ1) is 24.9. The van der Waals surface area contributed by atoms with Crippen molar-refractivity contribution < 1.29 is 43.3 Å². The minimum atomic E-state index is -1.02. The lowest BCUT2D eigenvalue weighted by molar-refractivity contribution is -0.148. The van der Waals surface area contributed by atoms with Gasteiger partial charge >= 0.3 is 5.97 Å². The van der Waals surface area contributed by atoms with Gasteiger partial charge in [0.1, 0.15) is 6.04 Å². The number of methoxy groups -OCH3 is 3. The second kappa shape index (κ2) is 23.2. The van der Waals surface area contributed by atoms with Crippen LogP contribution in [0.5, 0.6) is 0 Å². The van der Waals surface area contributed by atoms with Crippen LogP contribution in [0.25, 0.3) is 0 Å². The van der Waals surface area contributed by atoms with Gasteiger partial charge in [0.2, 0.25) is 23.6 Å². The van der Waals surface area contributed by atoms with E-state index in [2.05, 4.69) is 16.0 Å². The number of carbonyl (C=O) groups is 5. The minimum absolute atomic E-state index is 0.00527. The zero-order chi connectivity index (χ0) is 40.7. The molecule has 1 rings (SSSR count). The maximum atomic E-state index is 14.2. The van der Waals surface area contributed by atoms with E-state index in [1.54, 1.807) is 37.9 Å². The molecule has 1 aliphatic rings. The Morgan fingerprint density at radius 1 is 0.792 bits per heavy atom. The quantitative estimate of drug-likeness (QED) is 0.114. The maximum Gasteiger partial charge on any atom is 0.306 e. The molecule has 0 aromatic heterocycles. The number of likely N-dealkylation sites (tertiary alicyclic amines) is 1. The number of carboxylic acids is 1. The highest BCUT2D eigenvalue weighted by atomic mass is 16.5. The first-order valence-electron chi connectivity index (χ1n) is 19.5. The minimum Gasteiger partial charge on any atom is -0.481 e. The molecule has 1 fully saturated rings. The number of likely N-dealkylation sites (N-methyl/N-ethyl adjacent to an activating group) is 2. The summed E-state index contributed by atoms with van der Waals surface area (Å²) in [4.78, 5) is 70.2. The summed E-state index contributed by atoms with van der Waals surface area (Å²) in [6, 6.07) is -2.61. The molecule has 0 spiro atoms. The summed E-state index contributed by atoms with van der Waals surface area (Å²) in [7, 11) is 7.96. The molecule has 14 heteroatoms. The van der Waals surface area contributed by atoms with Gasteiger partial charge in [-0.25, -0.2) is 0 Å². The van der Waals surface area contributed by atoms with E-state index in [1.807, 2.05) is 55.4 Å². The van der Waals surface area contributed by atoms with Gasteiger partial charge in [-0.1, -0.05) is 75.2 Å². The first-order valence-corrected chi connectivity index (χ1v) is 19.5. The Bertz CT molecular complexity index is 1170. The van der Waals surface area contributed by atoms with E-state index in [9.17, 15) is 29.1 Å². The smallest absolute Gasteiger partial charge is 0.306 e. The van der Waals surface area contributed by atoms with Crippen LogP contribution < -0.4 is 16.0 Å². The SMILES string of the molecule is CCC(C)C(NC(=O)C(C)C(OC)C1CCCN1C(=O)CC(OC)C(C(C)CC)N(C)C(=O)C(NC(=O)C(NC)C(C)C)C(C)C)C(CC(=O)O)OC. The third-order valence-electron chi connectivity index (χ3n) is 11.4. The van der Waals surface area contributed by atoms with Crippen LogP contribution in [-0.2, 0) is 38.2 Å². The Morgan fingerprint density at radius 3 is 1.81 bits per heavy atom. The van der Waals surface area contributed by atoms with Crippen molar-refractivity contribution in [2.75, 3.05) is 42.0 Å². The molecule has 1 heterocycles. The highest BCUT2D eigenvalue weighted by molar-refractivity contribution is 5.90. The van der Waals surface area contributed by atoms with Gasteiger partial charge in [0.25, 0.3) is 0 Å². The van der Waals surface area contributed by atoms with Crippen molar-refractivity contribution >= 4 is 29.6 Å². The molecule has 1 aliphatic heterocycles. The summed E-state index contributed by atoms with van der Waals surface area (Å²) in [5.41, 5.74) is 0. The van der Waals surface area contributed by atoms with Crippen LogP contribution >= 0.6 is 0 Å². The Kier molecular flexibility index (Phi) is 21.1. The second-order valence-electron chi connectivity index (χ2n) is 15.6. The van der Waals surface area contributed by atoms with Crippen molar-refractivity contribution in [2.24, 2.45) is 29.6 Å². The molecule has 0 aromatic carbocycles. The fraction of sp³-hybridized carbons (Fsp3) is 0.872. The molecule has 0 saturated carbocycles. The fourth-order valence-corrected chi connectivity index (χ4v) is 7.73. The number of hydrogen-bond donors (Lipinski definition) is 4. The average molecular weight is 756 g/mol. The lowest BCUT2D eigenvalue weighted by atomic mass is 9.89. The second-order valence-corrected chi connectivity index (χ2v) is 15.6. The zero-order valence-electron chi connectivity index (χ0n) is 35.1.